The van der Waals surface area contributed by atoms with E-state index in [2.05, 4.69) is 29.3 Å². The summed E-state index contributed by atoms with van der Waals surface area (Å²) in [6, 6.07) is 25.0. The van der Waals surface area contributed by atoms with Crippen LogP contribution in [0.15, 0.2) is 78.9 Å². The van der Waals surface area contributed by atoms with Crippen molar-refractivity contribution in [3.63, 3.8) is 0 Å². The Labute approximate surface area is 211 Å². The Morgan fingerprint density at radius 1 is 0.972 bits per heavy atom. The van der Waals surface area contributed by atoms with Crippen LogP contribution < -0.4 is 4.74 Å². The minimum absolute atomic E-state index is 0.0833. The van der Waals surface area contributed by atoms with Crippen LogP contribution in [-0.2, 0) is 6.42 Å². The smallest absolute Gasteiger partial charge is 0.273 e. The summed E-state index contributed by atoms with van der Waals surface area (Å²) in [4.78, 5) is 15.5. The fourth-order valence-corrected chi connectivity index (χ4v) is 4.84. The third-order valence-corrected chi connectivity index (χ3v) is 6.72. The van der Waals surface area contributed by atoms with Gasteiger partial charge in [-0.15, -0.1) is 0 Å². The first-order valence-electron chi connectivity index (χ1n) is 12.6. The molecule has 2 heterocycles. The summed E-state index contributed by atoms with van der Waals surface area (Å²) in [6.07, 6.45) is 4.08. The number of phenols is 1. The fraction of sp³-hybridized carbons (Fsp3) is 0.267. The van der Waals surface area contributed by atoms with Crippen LogP contribution in [0.1, 0.15) is 59.4 Å². The van der Waals surface area contributed by atoms with Crippen LogP contribution in [-0.4, -0.2) is 39.3 Å². The number of benzene rings is 3. The van der Waals surface area contributed by atoms with Crippen molar-refractivity contribution in [3.05, 3.63) is 101 Å². The Balaban J connectivity index is 1.49. The molecule has 5 rings (SSSR count). The number of carbonyl (C=O) groups is 1. The lowest BCUT2D eigenvalue weighted by Crippen LogP contribution is -2.31. The summed E-state index contributed by atoms with van der Waals surface area (Å²) in [6.45, 7) is 3.43. The van der Waals surface area contributed by atoms with Crippen LogP contribution in [0.25, 0.3) is 11.3 Å². The second-order valence-electron chi connectivity index (χ2n) is 9.14. The maximum absolute atomic E-state index is 13.6. The van der Waals surface area contributed by atoms with Gasteiger partial charge in [0.2, 0.25) is 0 Å². The first kappa shape index (κ1) is 23.7. The van der Waals surface area contributed by atoms with Crippen molar-refractivity contribution in [2.75, 3.05) is 13.2 Å². The number of nitrogens with zero attached hydrogens (tertiary/aromatic N) is 2. The Bertz CT molecular complexity index is 1320. The average Bonchev–Trinajstić information content (AvgIpc) is 3.45. The molecule has 6 heteroatoms. The maximum Gasteiger partial charge on any atom is 0.273 e. The van der Waals surface area contributed by atoms with Gasteiger partial charge in [-0.2, -0.15) is 5.10 Å². The lowest BCUT2D eigenvalue weighted by atomic mass is 9.95. The average molecular weight is 482 g/mol. The molecule has 184 valence electrons. The van der Waals surface area contributed by atoms with Crippen LogP contribution in [0.4, 0.5) is 0 Å². The largest absolute Gasteiger partial charge is 0.507 e. The number of aromatic hydroxyl groups is 1. The van der Waals surface area contributed by atoms with Crippen LogP contribution in [0.2, 0.25) is 0 Å². The number of para-hydroxylation sites is 1. The van der Waals surface area contributed by atoms with E-state index in [1.54, 1.807) is 12.1 Å². The number of hydrogen-bond acceptors (Lipinski definition) is 4. The van der Waals surface area contributed by atoms with E-state index in [1.165, 1.54) is 5.56 Å². The van der Waals surface area contributed by atoms with Crippen molar-refractivity contribution < 1.29 is 14.6 Å². The number of aromatic nitrogens is 2. The zero-order valence-electron chi connectivity index (χ0n) is 20.5. The molecule has 1 amide bonds. The number of H-pyrrole nitrogens is 1. The van der Waals surface area contributed by atoms with Gasteiger partial charge in [-0.1, -0.05) is 74.4 Å². The molecule has 1 aliphatic rings. The van der Waals surface area contributed by atoms with Gasteiger partial charge in [-0.3, -0.25) is 9.89 Å². The topological polar surface area (TPSA) is 78.5 Å². The number of hydrogen-bond donors (Lipinski definition) is 2. The molecule has 6 nitrogen and oxygen atoms in total. The second-order valence-corrected chi connectivity index (χ2v) is 9.14. The second kappa shape index (κ2) is 10.7. The highest BCUT2D eigenvalue weighted by Crippen LogP contribution is 2.44. The normalized spacial score (nSPS) is 14.8. The zero-order valence-corrected chi connectivity index (χ0v) is 20.5. The maximum atomic E-state index is 13.6. The number of aromatic amines is 1. The van der Waals surface area contributed by atoms with Crippen molar-refractivity contribution in [2.45, 2.75) is 38.6 Å². The van der Waals surface area contributed by atoms with E-state index in [0.717, 1.165) is 42.6 Å². The molecule has 0 spiro atoms. The van der Waals surface area contributed by atoms with Crippen molar-refractivity contribution in [3.8, 4) is 22.8 Å². The number of unbranched alkanes of at least 4 members (excludes halogenated alkanes) is 2. The summed E-state index contributed by atoms with van der Waals surface area (Å²) in [5.74, 6) is 0.875. The molecule has 0 saturated carbocycles. The highest BCUT2D eigenvalue weighted by atomic mass is 16.5. The summed E-state index contributed by atoms with van der Waals surface area (Å²) < 4.78 is 5.91. The van der Waals surface area contributed by atoms with E-state index in [4.69, 9.17) is 4.74 Å². The Hall–Kier alpha value is -4.06. The Kier molecular flexibility index (Phi) is 7.03. The Morgan fingerprint density at radius 3 is 2.47 bits per heavy atom. The van der Waals surface area contributed by atoms with Gasteiger partial charge in [-0.05, 0) is 48.2 Å². The van der Waals surface area contributed by atoms with Crippen LogP contribution in [0.5, 0.6) is 11.5 Å². The number of ether oxygens (including phenoxy) is 1. The van der Waals surface area contributed by atoms with Gasteiger partial charge in [0, 0.05) is 17.7 Å². The lowest BCUT2D eigenvalue weighted by molar-refractivity contribution is 0.0746. The highest BCUT2D eigenvalue weighted by Gasteiger charge is 2.42. The lowest BCUT2D eigenvalue weighted by Gasteiger charge is -2.26. The molecule has 36 heavy (non-hydrogen) atoms. The Morgan fingerprint density at radius 2 is 1.72 bits per heavy atom. The first-order chi connectivity index (χ1) is 17.7. The van der Waals surface area contributed by atoms with E-state index in [-0.39, 0.29) is 17.7 Å². The molecule has 0 radical (unpaired) electrons. The van der Waals surface area contributed by atoms with Crippen molar-refractivity contribution in [1.82, 2.24) is 15.1 Å². The SMILES string of the molecule is CCCCCOc1ccc(C2c3c(-c4ccccc4O)n[nH]c3C(=O)N2CCc2ccccc2)cc1. The molecule has 2 N–H and O–H groups in total. The van der Waals surface area contributed by atoms with E-state index in [1.807, 2.05) is 59.5 Å². The van der Waals surface area contributed by atoms with E-state index < -0.39 is 0 Å². The molecule has 1 aliphatic heterocycles. The molecular formula is C30H31N3O3. The molecule has 0 bridgehead atoms. The standard InChI is InChI=1S/C30H31N3O3/c1-2-3-9-20-36-23-16-14-22(15-17-23)29-26-27(24-12-7-8-13-25(24)34)31-32-28(26)30(35)33(29)19-18-21-10-5-4-6-11-21/h4-8,10-17,29,34H,2-3,9,18-20H2,1H3,(H,31,32). The number of carbonyl (C=O) groups excluding carboxylic acids is 1. The van der Waals surface area contributed by atoms with Crippen molar-refractivity contribution in [2.24, 2.45) is 0 Å². The quantitative estimate of drug-likeness (QED) is 0.267. The predicted octanol–water partition coefficient (Wildman–Crippen LogP) is 6.14. The van der Waals surface area contributed by atoms with Crippen LogP contribution >= 0.6 is 0 Å². The van der Waals surface area contributed by atoms with E-state index in [0.29, 0.717) is 30.1 Å². The first-order valence-corrected chi connectivity index (χ1v) is 12.6. The molecule has 1 aromatic heterocycles. The minimum Gasteiger partial charge on any atom is -0.507 e. The molecule has 1 atom stereocenters. The van der Waals surface area contributed by atoms with Crippen LogP contribution in [0.3, 0.4) is 0 Å². The third-order valence-electron chi connectivity index (χ3n) is 6.72. The van der Waals surface area contributed by atoms with Crippen LogP contribution in [0, 0.1) is 0 Å². The number of rotatable bonds is 10. The van der Waals surface area contributed by atoms with Gasteiger partial charge in [0.1, 0.15) is 22.9 Å². The summed E-state index contributed by atoms with van der Waals surface area (Å²) >= 11 is 0. The number of nitrogens with one attached hydrogen (secondary N) is 1. The number of phenolic OH excluding ortho intramolecular Hbond substituents is 1. The van der Waals surface area contributed by atoms with Gasteiger partial charge in [0.15, 0.2) is 0 Å². The van der Waals surface area contributed by atoms with Gasteiger partial charge in [-0.25, -0.2) is 0 Å². The fourth-order valence-electron chi connectivity index (χ4n) is 4.84. The number of fused-ring (bicyclic) bond motifs is 1. The van der Waals surface area contributed by atoms with Gasteiger partial charge in [0.25, 0.3) is 5.91 Å². The number of amides is 1. The molecule has 0 fully saturated rings. The zero-order chi connectivity index (χ0) is 24.9. The minimum atomic E-state index is -0.321. The monoisotopic (exact) mass is 481 g/mol. The molecule has 4 aromatic rings. The summed E-state index contributed by atoms with van der Waals surface area (Å²) in [7, 11) is 0. The molecule has 3 aromatic carbocycles. The van der Waals surface area contributed by atoms with Crippen molar-refractivity contribution in [1.29, 1.82) is 0 Å². The molecule has 0 saturated heterocycles. The molecular weight excluding hydrogens is 450 g/mol. The molecule has 1 unspecified atom stereocenters. The van der Waals surface area contributed by atoms with Gasteiger partial charge >= 0.3 is 0 Å². The van der Waals surface area contributed by atoms with Crippen molar-refractivity contribution >= 4 is 5.91 Å². The predicted molar refractivity (Wildman–Crippen MR) is 140 cm³/mol. The van der Waals surface area contributed by atoms with E-state index in [9.17, 15) is 9.90 Å². The third kappa shape index (κ3) is 4.71. The van der Waals surface area contributed by atoms with E-state index >= 15 is 0 Å². The summed E-state index contributed by atoms with van der Waals surface area (Å²) in [5.41, 5.74) is 4.64. The highest BCUT2D eigenvalue weighted by molar-refractivity contribution is 6.00. The summed E-state index contributed by atoms with van der Waals surface area (Å²) in [5, 5.41) is 18.0. The molecule has 0 aliphatic carbocycles. The van der Waals surface area contributed by atoms with Gasteiger partial charge < -0.3 is 14.7 Å². The van der Waals surface area contributed by atoms with Gasteiger partial charge in [0.05, 0.1) is 12.6 Å².